The number of esters is 1. The summed E-state index contributed by atoms with van der Waals surface area (Å²) in [5.74, 6) is -0.738. The number of allylic oxidation sites excluding steroid dienone is 2. The number of methoxy groups -OCH3 is 1. The zero-order chi connectivity index (χ0) is 36.4. The Bertz CT molecular complexity index is 1490. The third kappa shape index (κ3) is 11.8. The summed E-state index contributed by atoms with van der Waals surface area (Å²) >= 11 is 0. The molecule has 10 nitrogen and oxygen atoms in total. The van der Waals surface area contributed by atoms with Gasteiger partial charge in [0.1, 0.15) is 34.9 Å². The van der Waals surface area contributed by atoms with E-state index < -0.39 is 41.8 Å². The van der Waals surface area contributed by atoms with Crippen LogP contribution < -0.4 is 14.4 Å². The maximum atomic E-state index is 13.2. The molecule has 268 valence electrons. The number of aliphatic hydroxyl groups excluding tert-OH is 1. The second-order valence-electron chi connectivity index (χ2n) is 13.3. The molecular weight excluding hydrogens is 626 g/mol. The fourth-order valence-corrected chi connectivity index (χ4v) is 4.91. The largest absolute Gasteiger partial charge is 0.497 e. The Kier molecular flexibility index (Phi) is 14.1. The van der Waals surface area contributed by atoms with E-state index in [-0.39, 0.29) is 11.5 Å². The van der Waals surface area contributed by atoms with Crippen LogP contribution in [0.4, 0.5) is 10.5 Å². The number of ether oxygens (including phenoxy) is 6. The maximum Gasteiger partial charge on any atom is 0.414 e. The van der Waals surface area contributed by atoms with E-state index in [2.05, 4.69) is 0 Å². The van der Waals surface area contributed by atoms with Gasteiger partial charge < -0.3 is 33.5 Å². The molecule has 1 N–H and O–H groups in total. The highest BCUT2D eigenvalue weighted by Gasteiger charge is 2.36. The molecule has 4 atom stereocenters. The van der Waals surface area contributed by atoms with E-state index in [1.807, 2.05) is 90.1 Å². The minimum Gasteiger partial charge on any atom is -0.497 e. The number of carbonyl (C=O) groups excluding carboxylic acids is 2. The fourth-order valence-electron chi connectivity index (χ4n) is 4.91. The zero-order valence-corrected chi connectivity index (χ0v) is 30.5. The first-order chi connectivity index (χ1) is 23.1. The summed E-state index contributed by atoms with van der Waals surface area (Å²) < 4.78 is 35.0. The third-order valence-electron chi connectivity index (χ3n) is 7.59. The molecule has 1 aliphatic rings. The Labute approximate surface area is 291 Å². The van der Waals surface area contributed by atoms with Crippen molar-refractivity contribution in [1.29, 1.82) is 0 Å². The van der Waals surface area contributed by atoms with Gasteiger partial charge in [0.15, 0.2) is 0 Å². The molecule has 0 saturated heterocycles. The van der Waals surface area contributed by atoms with Gasteiger partial charge in [-0.05, 0) is 76.8 Å². The highest BCUT2D eigenvalue weighted by Crippen LogP contribution is 2.38. The van der Waals surface area contributed by atoms with Crippen LogP contribution in [0.15, 0.2) is 66.8 Å². The van der Waals surface area contributed by atoms with Crippen LogP contribution in [0.3, 0.4) is 0 Å². The summed E-state index contributed by atoms with van der Waals surface area (Å²) in [6.07, 6.45) is 9.10. The quantitative estimate of drug-likeness (QED) is 0.114. The molecule has 1 unspecified atom stereocenters. The van der Waals surface area contributed by atoms with Crippen LogP contribution in [0.25, 0.3) is 6.08 Å². The molecule has 0 spiro atoms. The van der Waals surface area contributed by atoms with Gasteiger partial charge in [0.2, 0.25) is 5.79 Å². The number of aliphatic hydroxyl groups is 1. The fraction of sp³-hybridized carbons (Fsp3) is 0.487. The van der Waals surface area contributed by atoms with Crippen LogP contribution >= 0.6 is 0 Å². The van der Waals surface area contributed by atoms with Crippen molar-refractivity contribution in [2.45, 2.75) is 98.6 Å². The molecule has 3 rings (SSSR count). The Morgan fingerprint density at radius 3 is 2.24 bits per heavy atom. The number of amides is 1. The second-order valence-corrected chi connectivity index (χ2v) is 13.3. The summed E-state index contributed by atoms with van der Waals surface area (Å²) in [4.78, 5) is 27.8. The summed E-state index contributed by atoms with van der Waals surface area (Å²) in [5.41, 5.74) is 1.55. The van der Waals surface area contributed by atoms with Gasteiger partial charge in [-0.2, -0.15) is 0 Å². The molecule has 0 radical (unpaired) electrons. The van der Waals surface area contributed by atoms with Crippen molar-refractivity contribution < 1.29 is 43.1 Å². The maximum absolute atomic E-state index is 13.2. The van der Waals surface area contributed by atoms with Crippen molar-refractivity contribution in [3.8, 4) is 11.5 Å². The Balaban J connectivity index is 1.96. The molecule has 10 heteroatoms. The minimum absolute atomic E-state index is 0.0907. The van der Waals surface area contributed by atoms with Gasteiger partial charge in [-0.3, -0.25) is 4.90 Å². The van der Waals surface area contributed by atoms with E-state index in [0.717, 1.165) is 11.3 Å². The molecule has 1 amide bonds. The number of carbonyl (C=O) groups is 2. The normalized spacial score (nSPS) is 16.9. The number of hydrogen-bond donors (Lipinski definition) is 1. The van der Waals surface area contributed by atoms with Crippen molar-refractivity contribution in [2.75, 3.05) is 25.2 Å². The van der Waals surface area contributed by atoms with Crippen molar-refractivity contribution in [3.63, 3.8) is 0 Å². The number of cyclic esters (lactones) is 1. The van der Waals surface area contributed by atoms with Crippen LogP contribution in [-0.2, 0) is 25.6 Å². The van der Waals surface area contributed by atoms with Crippen LogP contribution in [0.5, 0.6) is 11.5 Å². The zero-order valence-electron chi connectivity index (χ0n) is 30.5. The average Bonchev–Trinajstić information content (AvgIpc) is 3.01. The van der Waals surface area contributed by atoms with Gasteiger partial charge in [0.05, 0.1) is 25.5 Å². The van der Waals surface area contributed by atoms with Gasteiger partial charge in [-0.25, -0.2) is 9.59 Å². The number of nitrogens with zero attached hydrogens (tertiary/aromatic N) is 1. The standard InChI is InChI=1S/C39H53NO9/c1-11-40(37(43)49-38(5,6)7)30-23-29(35-34(24-30)47-39(8,9)48-36(35)42)15-13-14-16-32(45-12-2)33(22-17-26(3)27(4)41)46-25-28-18-20-31(44-10)21-19-28/h13-24,26-27,32-33,41H,11-12,25H2,1-10H3/b15-13+,16-14?,22-17-/t26-,27+,32?,33+/m1/s1. The molecule has 1 heterocycles. The monoisotopic (exact) mass is 679 g/mol. The Morgan fingerprint density at radius 1 is 0.980 bits per heavy atom. The highest BCUT2D eigenvalue weighted by molar-refractivity contribution is 6.00. The Hall–Kier alpha value is -4.12. The highest BCUT2D eigenvalue weighted by atomic mass is 16.7. The first kappa shape index (κ1) is 39.3. The number of benzene rings is 2. The summed E-state index contributed by atoms with van der Waals surface area (Å²) in [6, 6.07) is 11.0. The van der Waals surface area contributed by atoms with E-state index in [1.54, 1.807) is 52.2 Å². The van der Waals surface area contributed by atoms with Crippen LogP contribution in [0, 0.1) is 5.92 Å². The van der Waals surface area contributed by atoms with E-state index in [0.29, 0.717) is 36.8 Å². The van der Waals surface area contributed by atoms with E-state index in [4.69, 9.17) is 28.4 Å². The molecule has 0 aromatic heterocycles. The minimum atomic E-state index is -1.18. The molecular formula is C39H53NO9. The van der Waals surface area contributed by atoms with Crippen molar-refractivity contribution in [3.05, 3.63) is 83.5 Å². The second kappa shape index (κ2) is 17.5. The third-order valence-corrected chi connectivity index (χ3v) is 7.59. The number of hydrogen-bond acceptors (Lipinski definition) is 9. The van der Waals surface area contributed by atoms with Gasteiger partial charge in [-0.1, -0.05) is 55.5 Å². The van der Waals surface area contributed by atoms with E-state index in [1.165, 1.54) is 4.90 Å². The van der Waals surface area contributed by atoms with Crippen molar-refractivity contribution in [2.24, 2.45) is 5.92 Å². The van der Waals surface area contributed by atoms with E-state index in [9.17, 15) is 14.7 Å². The van der Waals surface area contributed by atoms with E-state index >= 15 is 0 Å². The molecule has 2 aromatic rings. The first-order valence-corrected chi connectivity index (χ1v) is 16.8. The lowest BCUT2D eigenvalue weighted by molar-refractivity contribution is -0.127. The topological polar surface area (TPSA) is 113 Å². The number of fused-ring (bicyclic) bond motifs is 1. The van der Waals surface area contributed by atoms with Gasteiger partial charge in [0, 0.05) is 33.1 Å². The molecule has 1 aliphatic heterocycles. The smallest absolute Gasteiger partial charge is 0.414 e. The lowest BCUT2D eigenvalue weighted by Crippen LogP contribution is -2.40. The SMILES string of the molecule is CCOC(C=C/C=C/c1cc(N(CC)C(=O)OC(C)(C)C)cc2c1C(=O)OC(C)(C)O2)[C@H](/C=C\[C@@H](C)[C@H](C)O)OCc1ccc(OC)cc1. The van der Waals surface area contributed by atoms with Crippen molar-refractivity contribution >= 4 is 23.8 Å². The average molecular weight is 680 g/mol. The summed E-state index contributed by atoms with van der Waals surface area (Å²) in [5, 5.41) is 10.1. The van der Waals surface area contributed by atoms with Gasteiger partial charge >= 0.3 is 12.1 Å². The summed E-state index contributed by atoms with van der Waals surface area (Å²) in [6.45, 7) is 17.3. The van der Waals surface area contributed by atoms with Crippen LogP contribution in [0.1, 0.15) is 83.8 Å². The van der Waals surface area contributed by atoms with Gasteiger partial charge in [-0.15, -0.1) is 0 Å². The number of rotatable bonds is 15. The van der Waals surface area contributed by atoms with Crippen LogP contribution in [-0.4, -0.2) is 67.1 Å². The molecule has 49 heavy (non-hydrogen) atoms. The summed E-state index contributed by atoms with van der Waals surface area (Å²) in [7, 11) is 1.62. The van der Waals surface area contributed by atoms with Crippen molar-refractivity contribution in [1.82, 2.24) is 0 Å². The lowest BCUT2D eigenvalue weighted by Gasteiger charge is -2.33. The Morgan fingerprint density at radius 2 is 1.65 bits per heavy atom. The van der Waals surface area contributed by atoms with Crippen LogP contribution in [0.2, 0.25) is 0 Å². The molecule has 2 aromatic carbocycles. The molecule has 0 fully saturated rings. The lowest BCUT2D eigenvalue weighted by atomic mass is 10.0. The number of anilines is 1. The van der Waals surface area contributed by atoms with Gasteiger partial charge in [0.25, 0.3) is 0 Å². The molecule has 0 aliphatic carbocycles. The predicted molar refractivity (Wildman–Crippen MR) is 191 cm³/mol. The predicted octanol–water partition coefficient (Wildman–Crippen LogP) is 7.87. The first-order valence-electron chi connectivity index (χ1n) is 16.8. The molecule has 0 bridgehead atoms. The molecule has 0 saturated carbocycles.